The molecule has 0 bridgehead atoms. The normalized spacial score (nSPS) is 11.7. The molecule has 0 saturated carbocycles. The molecule has 2 nitrogen and oxygen atoms in total. The summed E-state index contributed by atoms with van der Waals surface area (Å²) < 4.78 is 4.94. The average molecular weight is 287 g/mol. The molecule has 0 aliphatic heterocycles. The molecule has 114 valence electrons. The summed E-state index contributed by atoms with van der Waals surface area (Å²) in [4.78, 5) is 11.5. The van der Waals surface area contributed by atoms with E-state index in [9.17, 15) is 4.79 Å². The van der Waals surface area contributed by atoms with E-state index in [1.54, 1.807) is 0 Å². The lowest BCUT2D eigenvalue weighted by atomic mass is 9.72. The van der Waals surface area contributed by atoms with Crippen LogP contribution in [0.25, 0.3) is 0 Å². The van der Waals surface area contributed by atoms with Crippen molar-refractivity contribution in [3.63, 3.8) is 0 Å². The van der Waals surface area contributed by atoms with Gasteiger partial charge in [-0.3, -0.25) is 4.79 Å². The van der Waals surface area contributed by atoms with E-state index in [4.69, 9.17) is 4.43 Å². The molecule has 0 radical (unpaired) electrons. The Hall–Kier alpha value is -0.313. The first-order valence-electron chi connectivity index (χ1n) is 8.21. The predicted molar refractivity (Wildman–Crippen MR) is 86.3 cm³/mol. The molecule has 0 unspecified atom stereocenters. The standard InChI is InChI=1S/C16H34O2Si/c1-4-7-8-9-13-16(11-5-2,12-6-3)14-10-15(17)18-19/h4-14H2,1-3,19H3. The van der Waals surface area contributed by atoms with Crippen LogP contribution in [-0.4, -0.2) is 16.5 Å². The van der Waals surface area contributed by atoms with Crippen LogP contribution in [0.4, 0.5) is 0 Å². The Bertz CT molecular complexity index is 223. The van der Waals surface area contributed by atoms with Gasteiger partial charge in [0.1, 0.15) is 0 Å². The molecule has 0 rings (SSSR count). The maximum absolute atomic E-state index is 11.5. The molecule has 0 fully saturated rings. The lowest BCUT2D eigenvalue weighted by Crippen LogP contribution is -2.22. The van der Waals surface area contributed by atoms with Crippen molar-refractivity contribution in [1.29, 1.82) is 0 Å². The number of rotatable bonds is 12. The van der Waals surface area contributed by atoms with Crippen LogP contribution >= 0.6 is 0 Å². The molecule has 0 heterocycles. The van der Waals surface area contributed by atoms with Gasteiger partial charge in [-0.15, -0.1) is 0 Å². The van der Waals surface area contributed by atoms with Crippen LogP contribution in [0.15, 0.2) is 0 Å². The van der Waals surface area contributed by atoms with Crippen LogP contribution in [0.2, 0.25) is 0 Å². The summed E-state index contributed by atoms with van der Waals surface area (Å²) in [6.45, 7) is 6.79. The second kappa shape index (κ2) is 11.5. The molecule has 0 aromatic carbocycles. The Morgan fingerprint density at radius 1 is 0.895 bits per heavy atom. The topological polar surface area (TPSA) is 26.3 Å². The highest BCUT2D eigenvalue weighted by molar-refractivity contribution is 6.05. The maximum atomic E-state index is 11.5. The van der Waals surface area contributed by atoms with E-state index in [-0.39, 0.29) is 5.97 Å². The van der Waals surface area contributed by atoms with Crippen molar-refractivity contribution in [2.75, 3.05) is 0 Å². The van der Waals surface area contributed by atoms with Crippen molar-refractivity contribution in [1.82, 2.24) is 0 Å². The predicted octanol–water partition coefficient (Wildman–Crippen LogP) is 4.15. The van der Waals surface area contributed by atoms with Gasteiger partial charge in [0.15, 0.2) is 0 Å². The average Bonchev–Trinajstić information content (AvgIpc) is 2.41. The van der Waals surface area contributed by atoms with E-state index in [0.717, 1.165) is 6.42 Å². The van der Waals surface area contributed by atoms with Gasteiger partial charge in [-0.25, -0.2) is 0 Å². The number of hydrogen-bond donors (Lipinski definition) is 0. The number of carbonyl (C=O) groups excluding carboxylic acids is 1. The summed E-state index contributed by atoms with van der Waals surface area (Å²) in [7, 11) is 0.533. The second-order valence-electron chi connectivity index (χ2n) is 5.89. The largest absolute Gasteiger partial charge is 0.529 e. The first kappa shape index (κ1) is 18.7. The minimum Gasteiger partial charge on any atom is -0.529 e. The van der Waals surface area contributed by atoms with Gasteiger partial charge in [0.2, 0.25) is 10.5 Å². The van der Waals surface area contributed by atoms with Gasteiger partial charge in [-0.2, -0.15) is 0 Å². The van der Waals surface area contributed by atoms with E-state index in [1.165, 1.54) is 57.8 Å². The van der Waals surface area contributed by atoms with Crippen molar-refractivity contribution >= 4 is 16.5 Å². The fourth-order valence-corrected chi connectivity index (χ4v) is 3.41. The van der Waals surface area contributed by atoms with Gasteiger partial charge in [0, 0.05) is 6.42 Å². The molecule has 0 spiro atoms. The van der Waals surface area contributed by atoms with Gasteiger partial charge in [0.25, 0.3) is 5.97 Å². The van der Waals surface area contributed by atoms with Crippen LogP contribution in [0.3, 0.4) is 0 Å². The smallest absolute Gasteiger partial charge is 0.291 e. The number of carbonyl (C=O) groups is 1. The molecule has 0 N–H and O–H groups in total. The second-order valence-corrected chi connectivity index (χ2v) is 6.30. The van der Waals surface area contributed by atoms with E-state index < -0.39 is 0 Å². The molecule has 0 aliphatic rings. The Kier molecular flexibility index (Phi) is 11.3. The highest BCUT2D eigenvalue weighted by atomic mass is 28.2. The number of hydrogen-bond acceptors (Lipinski definition) is 2. The van der Waals surface area contributed by atoms with Crippen molar-refractivity contribution in [3.8, 4) is 0 Å². The summed E-state index contributed by atoms with van der Waals surface area (Å²) >= 11 is 0. The van der Waals surface area contributed by atoms with Gasteiger partial charge in [-0.05, 0) is 31.1 Å². The number of unbranched alkanes of at least 4 members (excludes halogenated alkanes) is 3. The Labute approximate surface area is 123 Å². The van der Waals surface area contributed by atoms with E-state index in [1.807, 2.05) is 0 Å². The first-order chi connectivity index (χ1) is 9.14. The first-order valence-corrected chi connectivity index (χ1v) is 9.02. The molecule has 0 atom stereocenters. The summed E-state index contributed by atoms with van der Waals surface area (Å²) in [5.74, 6) is 0.0109. The Morgan fingerprint density at radius 2 is 1.53 bits per heavy atom. The Morgan fingerprint density at radius 3 is 2.00 bits per heavy atom. The zero-order chi connectivity index (χ0) is 14.6. The fourth-order valence-electron chi connectivity index (χ4n) is 3.21. The third-order valence-electron chi connectivity index (χ3n) is 4.21. The fraction of sp³-hybridized carbons (Fsp3) is 0.938. The SMILES string of the molecule is CCCCCCC(CCC)(CCC)CCC(=O)O[SiH3]. The summed E-state index contributed by atoms with van der Waals surface area (Å²) in [5.41, 5.74) is 0.396. The highest BCUT2D eigenvalue weighted by Gasteiger charge is 2.28. The maximum Gasteiger partial charge on any atom is 0.291 e. The monoisotopic (exact) mass is 286 g/mol. The quantitative estimate of drug-likeness (QED) is 0.398. The molecule has 0 aromatic heterocycles. The summed E-state index contributed by atoms with van der Waals surface area (Å²) in [6.07, 6.45) is 13.2. The van der Waals surface area contributed by atoms with Gasteiger partial charge < -0.3 is 4.43 Å². The summed E-state index contributed by atoms with van der Waals surface area (Å²) in [6, 6.07) is 0. The van der Waals surface area contributed by atoms with Crippen LogP contribution in [0, 0.1) is 5.41 Å². The molecular formula is C16H34O2Si. The third-order valence-corrected chi connectivity index (χ3v) is 4.66. The minimum absolute atomic E-state index is 0.0109. The molecule has 19 heavy (non-hydrogen) atoms. The lowest BCUT2D eigenvalue weighted by molar-refractivity contribution is -0.134. The van der Waals surface area contributed by atoms with Crippen molar-refractivity contribution in [3.05, 3.63) is 0 Å². The van der Waals surface area contributed by atoms with Gasteiger partial charge >= 0.3 is 0 Å². The highest BCUT2D eigenvalue weighted by Crippen LogP contribution is 2.40. The van der Waals surface area contributed by atoms with Crippen molar-refractivity contribution in [2.45, 2.75) is 91.4 Å². The van der Waals surface area contributed by atoms with Crippen LogP contribution in [0.5, 0.6) is 0 Å². The van der Waals surface area contributed by atoms with E-state index in [2.05, 4.69) is 20.8 Å². The van der Waals surface area contributed by atoms with Gasteiger partial charge in [0.05, 0.1) is 0 Å². The van der Waals surface area contributed by atoms with Crippen molar-refractivity contribution in [2.24, 2.45) is 5.41 Å². The van der Waals surface area contributed by atoms with Crippen LogP contribution in [0.1, 0.15) is 91.4 Å². The molecule has 0 aromatic rings. The molecule has 0 aliphatic carbocycles. The zero-order valence-corrected chi connectivity index (χ0v) is 15.6. The molecule has 0 saturated heterocycles. The zero-order valence-electron chi connectivity index (χ0n) is 13.6. The minimum atomic E-state index is 0.0109. The third kappa shape index (κ3) is 8.46. The van der Waals surface area contributed by atoms with Gasteiger partial charge in [-0.1, -0.05) is 59.3 Å². The molecule has 3 heteroatoms. The van der Waals surface area contributed by atoms with E-state index in [0.29, 0.717) is 22.3 Å². The summed E-state index contributed by atoms with van der Waals surface area (Å²) in [5, 5.41) is 0. The molecular weight excluding hydrogens is 252 g/mol. The van der Waals surface area contributed by atoms with Crippen molar-refractivity contribution < 1.29 is 9.22 Å². The Balaban J connectivity index is 4.42. The van der Waals surface area contributed by atoms with Crippen LogP contribution < -0.4 is 0 Å². The lowest BCUT2D eigenvalue weighted by Gasteiger charge is -2.34. The van der Waals surface area contributed by atoms with Crippen LogP contribution in [-0.2, 0) is 9.22 Å². The van der Waals surface area contributed by atoms with E-state index >= 15 is 0 Å². The molecule has 0 amide bonds.